The largest absolute Gasteiger partial charge is 0.348 e. The molecule has 1 heterocycles. The van der Waals surface area contributed by atoms with E-state index in [2.05, 4.69) is 16.8 Å². The summed E-state index contributed by atoms with van der Waals surface area (Å²) in [7, 11) is 0. The minimum Gasteiger partial charge on any atom is -0.348 e. The highest BCUT2D eigenvalue weighted by Crippen LogP contribution is 2.33. The molecule has 0 saturated carbocycles. The third-order valence-electron chi connectivity index (χ3n) is 2.94. The van der Waals surface area contributed by atoms with Crippen molar-refractivity contribution < 1.29 is 4.79 Å². The van der Waals surface area contributed by atoms with E-state index in [9.17, 15) is 4.79 Å². The standard InChI is InChI=1S/C12H18N2OS.ClH/c1-12(2,13)11(15)14-9-4-3-5-10-8(9)6-7-16-10;/h6-7,9H,3-5,13H2,1-2H3,(H,14,15);1H. The van der Waals surface area contributed by atoms with E-state index in [1.807, 2.05) is 0 Å². The fraction of sp³-hybridized carbons (Fsp3) is 0.583. The number of nitrogens with two attached hydrogens (primary N) is 1. The van der Waals surface area contributed by atoms with Crippen molar-refractivity contribution in [2.45, 2.75) is 44.7 Å². The van der Waals surface area contributed by atoms with E-state index in [-0.39, 0.29) is 24.4 Å². The molecule has 1 amide bonds. The van der Waals surface area contributed by atoms with Crippen molar-refractivity contribution in [3.05, 3.63) is 21.9 Å². The topological polar surface area (TPSA) is 55.1 Å². The maximum atomic E-state index is 11.8. The lowest BCUT2D eigenvalue weighted by Gasteiger charge is -2.27. The smallest absolute Gasteiger partial charge is 0.239 e. The molecule has 0 radical (unpaired) electrons. The number of thiophene rings is 1. The summed E-state index contributed by atoms with van der Waals surface area (Å²) in [5.41, 5.74) is 6.27. The van der Waals surface area contributed by atoms with Crippen LogP contribution in [0.2, 0.25) is 0 Å². The van der Waals surface area contributed by atoms with Crippen LogP contribution in [0.1, 0.15) is 43.2 Å². The number of hydrogen-bond acceptors (Lipinski definition) is 3. The molecule has 3 N–H and O–H groups in total. The van der Waals surface area contributed by atoms with Crippen LogP contribution < -0.4 is 11.1 Å². The van der Waals surface area contributed by atoms with E-state index in [1.54, 1.807) is 25.2 Å². The molecular formula is C12H19ClN2OS. The fourth-order valence-electron chi connectivity index (χ4n) is 1.98. The average molecular weight is 275 g/mol. The molecule has 1 unspecified atom stereocenters. The molecule has 0 aliphatic heterocycles. The first-order chi connectivity index (χ1) is 7.48. The molecule has 1 aromatic heterocycles. The number of carbonyl (C=O) groups excluding carboxylic acids is 1. The molecule has 0 spiro atoms. The van der Waals surface area contributed by atoms with E-state index in [4.69, 9.17) is 5.73 Å². The number of aryl methyl sites for hydroxylation is 1. The third-order valence-corrected chi connectivity index (χ3v) is 3.94. The highest BCUT2D eigenvalue weighted by Gasteiger charge is 2.28. The fourth-order valence-corrected chi connectivity index (χ4v) is 2.97. The van der Waals surface area contributed by atoms with Crippen molar-refractivity contribution in [1.29, 1.82) is 0 Å². The Labute approximate surface area is 112 Å². The van der Waals surface area contributed by atoms with Crippen LogP contribution in [-0.2, 0) is 11.2 Å². The molecule has 1 aliphatic rings. The Morgan fingerprint density at radius 2 is 2.29 bits per heavy atom. The molecule has 96 valence electrons. The van der Waals surface area contributed by atoms with Gasteiger partial charge in [0.1, 0.15) is 0 Å². The summed E-state index contributed by atoms with van der Waals surface area (Å²) < 4.78 is 0. The second-order valence-electron chi connectivity index (χ2n) is 4.94. The van der Waals surface area contributed by atoms with Crippen LogP contribution in [0.15, 0.2) is 11.4 Å². The lowest BCUT2D eigenvalue weighted by atomic mass is 9.93. The van der Waals surface area contributed by atoms with Gasteiger partial charge >= 0.3 is 0 Å². The highest BCUT2D eigenvalue weighted by atomic mass is 35.5. The molecule has 0 fully saturated rings. The van der Waals surface area contributed by atoms with Crippen molar-refractivity contribution in [2.75, 3.05) is 0 Å². The van der Waals surface area contributed by atoms with Gasteiger partial charge in [0.15, 0.2) is 0 Å². The molecule has 1 atom stereocenters. The monoisotopic (exact) mass is 274 g/mol. The number of carbonyl (C=O) groups is 1. The van der Waals surface area contributed by atoms with Gasteiger partial charge in [0.2, 0.25) is 5.91 Å². The van der Waals surface area contributed by atoms with Crippen LogP contribution in [0.5, 0.6) is 0 Å². The van der Waals surface area contributed by atoms with Gasteiger partial charge in [-0.2, -0.15) is 0 Å². The van der Waals surface area contributed by atoms with E-state index < -0.39 is 5.54 Å². The van der Waals surface area contributed by atoms with Gasteiger partial charge in [-0.3, -0.25) is 4.79 Å². The third kappa shape index (κ3) is 3.21. The van der Waals surface area contributed by atoms with Crippen molar-refractivity contribution in [2.24, 2.45) is 5.73 Å². The number of hydrogen-bond donors (Lipinski definition) is 2. The summed E-state index contributed by atoms with van der Waals surface area (Å²) in [5.74, 6) is -0.0726. The average Bonchev–Trinajstić information content (AvgIpc) is 2.65. The molecule has 1 aliphatic carbocycles. The van der Waals surface area contributed by atoms with Crippen LogP contribution >= 0.6 is 23.7 Å². The molecule has 0 bridgehead atoms. The Morgan fingerprint density at radius 1 is 1.59 bits per heavy atom. The van der Waals surface area contributed by atoms with Crippen LogP contribution in [-0.4, -0.2) is 11.4 Å². The number of nitrogens with one attached hydrogen (secondary N) is 1. The Kier molecular flexibility index (Phi) is 4.58. The van der Waals surface area contributed by atoms with Gasteiger partial charge in [-0.1, -0.05) is 0 Å². The van der Waals surface area contributed by atoms with Gasteiger partial charge in [-0.15, -0.1) is 23.7 Å². The maximum absolute atomic E-state index is 11.8. The van der Waals surface area contributed by atoms with Gasteiger partial charge in [0, 0.05) is 4.88 Å². The summed E-state index contributed by atoms with van der Waals surface area (Å²) in [6, 6.07) is 2.28. The second-order valence-corrected chi connectivity index (χ2v) is 5.94. The van der Waals surface area contributed by atoms with E-state index >= 15 is 0 Å². The predicted molar refractivity (Wildman–Crippen MR) is 73.7 cm³/mol. The summed E-state index contributed by atoms with van der Waals surface area (Å²) >= 11 is 1.78. The molecule has 3 nitrogen and oxygen atoms in total. The molecule has 5 heteroatoms. The second kappa shape index (κ2) is 5.38. The maximum Gasteiger partial charge on any atom is 0.239 e. The normalized spacial score (nSPS) is 19.1. The van der Waals surface area contributed by atoms with Crippen LogP contribution in [0.25, 0.3) is 0 Å². The zero-order valence-electron chi connectivity index (χ0n) is 10.2. The van der Waals surface area contributed by atoms with Crippen molar-refractivity contribution in [1.82, 2.24) is 5.32 Å². The molecule has 0 saturated heterocycles. The highest BCUT2D eigenvalue weighted by molar-refractivity contribution is 7.10. The number of fused-ring (bicyclic) bond motifs is 1. The quantitative estimate of drug-likeness (QED) is 0.870. The van der Waals surface area contributed by atoms with Gasteiger partial charge in [-0.25, -0.2) is 0 Å². The number of rotatable bonds is 2. The molecule has 17 heavy (non-hydrogen) atoms. The van der Waals surface area contributed by atoms with Gasteiger partial charge in [0.25, 0.3) is 0 Å². The van der Waals surface area contributed by atoms with Crippen molar-refractivity contribution in [3.63, 3.8) is 0 Å². The van der Waals surface area contributed by atoms with Crippen molar-refractivity contribution >= 4 is 29.7 Å². The van der Waals surface area contributed by atoms with E-state index in [0.29, 0.717) is 0 Å². The first-order valence-electron chi connectivity index (χ1n) is 5.64. The molecule has 1 aromatic rings. The van der Waals surface area contributed by atoms with E-state index in [0.717, 1.165) is 19.3 Å². The molecular weight excluding hydrogens is 256 g/mol. The van der Waals surface area contributed by atoms with Crippen LogP contribution in [0.3, 0.4) is 0 Å². The van der Waals surface area contributed by atoms with E-state index in [1.165, 1.54) is 10.4 Å². The Morgan fingerprint density at radius 3 is 2.94 bits per heavy atom. The zero-order valence-corrected chi connectivity index (χ0v) is 11.8. The first kappa shape index (κ1) is 14.5. The SMILES string of the molecule is CC(C)(N)C(=O)NC1CCCc2sccc21.Cl. The zero-order chi connectivity index (χ0) is 11.8. The Hall–Kier alpha value is -0.580. The summed E-state index contributed by atoms with van der Waals surface area (Å²) in [6.07, 6.45) is 3.31. The molecule has 2 rings (SSSR count). The summed E-state index contributed by atoms with van der Waals surface area (Å²) in [5, 5.41) is 5.14. The van der Waals surface area contributed by atoms with Gasteiger partial charge < -0.3 is 11.1 Å². The summed E-state index contributed by atoms with van der Waals surface area (Å²) in [6.45, 7) is 3.47. The Bertz CT molecular complexity index is 397. The lowest BCUT2D eigenvalue weighted by molar-refractivity contribution is -0.126. The summed E-state index contributed by atoms with van der Waals surface area (Å²) in [4.78, 5) is 13.2. The predicted octanol–water partition coefficient (Wildman–Crippen LogP) is 2.40. The van der Waals surface area contributed by atoms with Crippen molar-refractivity contribution in [3.8, 4) is 0 Å². The minimum atomic E-state index is -0.798. The van der Waals surface area contributed by atoms with Crippen LogP contribution in [0.4, 0.5) is 0 Å². The van der Waals surface area contributed by atoms with Gasteiger partial charge in [-0.05, 0) is 50.1 Å². The Balaban J connectivity index is 0.00000144. The first-order valence-corrected chi connectivity index (χ1v) is 6.52. The molecule has 0 aromatic carbocycles. The number of halogens is 1. The van der Waals surface area contributed by atoms with Gasteiger partial charge in [0.05, 0.1) is 11.6 Å². The number of amides is 1. The lowest BCUT2D eigenvalue weighted by Crippen LogP contribution is -2.50. The van der Waals surface area contributed by atoms with Crippen LogP contribution in [0, 0.1) is 0 Å². The minimum absolute atomic E-state index is 0.